The van der Waals surface area contributed by atoms with Gasteiger partial charge in [-0.1, -0.05) is 5.92 Å². The van der Waals surface area contributed by atoms with E-state index in [1.165, 1.54) is 33.0 Å². The standard InChI is InChI=1S/C21H21F2N5O3S/c1-5-6-31-17-11-25-16(10-26-17)15(22)8-13-7-14(18(23)27-9-13)21(4)12-32(29,30)20(2,3)19(24)28-21/h1,7-11H,6,12H2,2-4H3,(H2,24,28)/b15-8-/t21-/m0/s1. The third-order valence-corrected chi connectivity index (χ3v) is 7.85. The number of terminal acetylenes is 1. The van der Waals surface area contributed by atoms with Gasteiger partial charge in [0.25, 0.3) is 0 Å². The lowest BCUT2D eigenvalue weighted by Crippen LogP contribution is -2.55. The fourth-order valence-electron chi connectivity index (χ4n) is 3.05. The van der Waals surface area contributed by atoms with Gasteiger partial charge in [0.15, 0.2) is 22.3 Å². The van der Waals surface area contributed by atoms with Gasteiger partial charge in [-0.2, -0.15) is 4.39 Å². The van der Waals surface area contributed by atoms with E-state index in [4.69, 9.17) is 16.9 Å². The molecule has 0 bridgehead atoms. The Morgan fingerprint density at radius 3 is 2.59 bits per heavy atom. The molecule has 11 heteroatoms. The van der Waals surface area contributed by atoms with Crippen LogP contribution in [0.5, 0.6) is 5.88 Å². The highest BCUT2D eigenvalue weighted by molar-refractivity contribution is 7.93. The molecule has 3 rings (SSSR count). The molecular weight excluding hydrogens is 440 g/mol. The fraction of sp³-hybridized carbons (Fsp3) is 0.333. The van der Waals surface area contributed by atoms with Gasteiger partial charge in [-0.25, -0.2) is 27.8 Å². The van der Waals surface area contributed by atoms with Crippen LogP contribution in [-0.2, 0) is 15.4 Å². The van der Waals surface area contributed by atoms with Gasteiger partial charge in [-0.15, -0.1) is 6.42 Å². The summed E-state index contributed by atoms with van der Waals surface area (Å²) in [6.07, 6.45) is 9.62. The first-order valence-electron chi connectivity index (χ1n) is 9.39. The zero-order valence-electron chi connectivity index (χ0n) is 17.6. The van der Waals surface area contributed by atoms with Crippen LogP contribution < -0.4 is 10.5 Å². The summed E-state index contributed by atoms with van der Waals surface area (Å²) in [6.45, 7) is 4.31. The predicted octanol–water partition coefficient (Wildman–Crippen LogP) is 2.27. The molecule has 2 N–H and O–H groups in total. The summed E-state index contributed by atoms with van der Waals surface area (Å²) in [5, 5.41) is 0. The Balaban J connectivity index is 1.97. The molecular formula is C21H21F2N5O3S. The lowest BCUT2D eigenvalue weighted by molar-refractivity contribution is 0.353. The van der Waals surface area contributed by atoms with Crippen LogP contribution in [0.4, 0.5) is 8.78 Å². The van der Waals surface area contributed by atoms with E-state index in [9.17, 15) is 17.2 Å². The summed E-state index contributed by atoms with van der Waals surface area (Å²) in [7, 11) is -3.75. The monoisotopic (exact) mass is 461 g/mol. The summed E-state index contributed by atoms with van der Waals surface area (Å²) in [5.41, 5.74) is 4.34. The number of halogens is 2. The maximum atomic E-state index is 14.7. The highest BCUT2D eigenvalue weighted by Gasteiger charge is 2.49. The van der Waals surface area contributed by atoms with Crippen molar-refractivity contribution in [3.8, 4) is 18.2 Å². The van der Waals surface area contributed by atoms with E-state index in [0.717, 1.165) is 18.5 Å². The van der Waals surface area contributed by atoms with Crippen LogP contribution in [0.25, 0.3) is 11.9 Å². The first kappa shape index (κ1) is 23.3. The van der Waals surface area contributed by atoms with Crippen molar-refractivity contribution in [1.82, 2.24) is 15.0 Å². The molecule has 1 atom stereocenters. The summed E-state index contributed by atoms with van der Waals surface area (Å²) < 4.78 is 58.5. The van der Waals surface area contributed by atoms with Crippen molar-refractivity contribution in [2.75, 3.05) is 12.4 Å². The van der Waals surface area contributed by atoms with Crippen molar-refractivity contribution >= 4 is 27.6 Å². The van der Waals surface area contributed by atoms with Gasteiger partial charge in [0.05, 0.1) is 18.1 Å². The number of pyridine rings is 1. The van der Waals surface area contributed by atoms with Crippen LogP contribution in [0.2, 0.25) is 0 Å². The van der Waals surface area contributed by atoms with Crippen molar-refractivity contribution in [1.29, 1.82) is 0 Å². The SMILES string of the molecule is C#CCOc1cnc(/C(F)=C/c2cnc(F)c([C@]3(C)CS(=O)(=O)C(C)(C)C(N)=N3)c2)cn1. The molecule has 8 nitrogen and oxygen atoms in total. The highest BCUT2D eigenvalue weighted by Crippen LogP contribution is 2.37. The first-order chi connectivity index (χ1) is 14.9. The molecule has 3 heterocycles. The van der Waals surface area contributed by atoms with Gasteiger partial charge in [0.1, 0.15) is 21.8 Å². The number of aromatic nitrogens is 3. The molecule has 0 unspecified atom stereocenters. The molecule has 0 amide bonds. The number of ether oxygens (including phenoxy) is 1. The molecule has 2 aromatic heterocycles. The van der Waals surface area contributed by atoms with Gasteiger partial charge in [0.2, 0.25) is 11.8 Å². The number of nitrogens with zero attached hydrogens (tertiary/aromatic N) is 4. The number of aliphatic imine (C=N–C) groups is 1. The van der Waals surface area contributed by atoms with E-state index in [-0.39, 0.29) is 35.1 Å². The molecule has 1 aliphatic rings. The molecule has 0 spiro atoms. The zero-order valence-corrected chi connectivity index (χ0v) is 18.4. The zero-order chi connectivity index (χ0) is 23.7. The normalized spacial score (nSPS) is 22.0. The summed E-state index contributed by atoms with van der Waals surface area (Å²) >= 11 is 0. The predicted molar refractivity (Wildman–Crippen MR) is 116 cm³/mol. The summed E-state index contributed by atoms with van der Waals surface area (Å²) in [4.78, 5) is 15.7. The minimum absolute atomic E-state index is 0.00492. The Bertz CT molecular complexity index is 1250. The van der Waals surface area contributed by atoms with Crippen molar-refractivity contribution in [2.24, 2.45) is 10.7 Å². The molecule has 0 aliphatic carbocycles. The molecule has 2 aromatic rings. The van der Waals surface area contributed by atoms with Gasteiger partial charge < -0.3 is 10.5 Å². The van der Waals surface area contributed by atoms with E-state index >= 15 is 0 Å². The van der Waals surface area contributed by atoms with E-state index in [1.54, 1.807) is 0 Å². The summed E-state index contributed by atoms with van der Waals surface area (Å²) in [6, 6.07) is 1.28. The van der Waals surface area contributed by atoms with E-state index in [0.29, 0.717) is 0 Å². The Hall–Kier alpha value is -3.39. The average molecular weight is 461 g/mol. The second kappa shape index (κ2) is 8.27. The molecule has 1 aliphatic heterocycles. The van der Waals surface area contributed by atoms with Crippen LogP contribution in [-0.4, -0.2) is 46.3 Å². The lowest BCUT2D eigenvalue weighted by atomic mass is 9.93. The maximum absolute atomic E-state index is 14.7. The van der Waals surface area contributed by atoms with Crippen LogP contribution in [0.3, 0.4) is 0 Å². The van der Waals surface area contributed by atoms with Gasteiger partial charge in [0, 0.05) is 11.8 Å². The smallest absolute Gasteiger partial charge is 0.233 e. The Kier molecular flexibility index (Phi) is 6.02. The quantitative estimate of drug-likeness (QED) is 0.536. The first-order valence-corrected chi connectivity index (χ1v) is 11.0. The van der Waals surface area contributed by atoms with Gasteiger partial charge in [-0.05, 0) is 38.5 Å². The number of nitrogens with two attached hydrogens (primary N) is 1. The van der Waals surface area contributed by atoms with Crippen LogP contribution >= 0.6 is 0 Å². The number of hydrogen-bond acceptors (Lipinski definition) is 8. The molecule has 0 radical (unpaired) electrons. The van der Waals surface area contributed by atoms with E-state index in [2.05, 4.69) is 25.9 Å². The van der Waals surface area contributed by atoms with Crippen molar-refractivity contribution in [2.45, 2.75) is 31.1 Å². The Morgan fingerprint density at radius 2 is 2.00 bits per heavy atom. The van der Waals surface area contributed by atoms with Crippen molar-refractivity contribution in [3.63, 3.8) is 0 Å². The molecule has 0 aromatic carbocycles. The minimum Gasteiger partial charge on any atom is -0.463 e. The number of hydrogen-bond donors (Lipinski definition) is 1. The lowest BCUT2D eigenvalue weighted by Gasteiger charge is -2.37. The van der Waals surface area contributed by atoms with Gasteiger partial charge >= 0.3 is 0 Å². The highest BCUT2D eigenvalue weighted by atomic mass is 32.2. The fourth-order valence-corrected chi connectivity index (χ4v) is 4.74. The topological polar surface area (TPSA) is 120 Å². The largest absolute Gasteiger partial charge is 0.463 e. The second-order valence-corrected chi connectivity index (χ2v) is 10.4. The third kappa shape index (κ3) is 4.31. The number of amidine groups is 1. The number of sulfone groups is 1. The second-order valence-electron chi connectivity index (χ2n) is 7.87. The van der Waals surface area contributed by atoms with Crippen molar-refractivity contribution in [3.05, 3.63) is 47.4 Å². The van der Waals surface area contributed by atoms with Crippen LogP contribution in [0.15, 0.2) is 29.6 Å². The molecule has 0 fully saturated rings. The molecule has 32 heavy (non-hydrogen) atoms. The number of rotatable bonds is 5. The van der Waals surface area contributed by atoms with Gasteiger partial charge in [-0.3, -0.25) is 4.99 Å². The Morgan fingerprint density at radius 1 is 1.28 bits per heavy atom. The molecule has 0 saturated heterocycles. The van der Waals surface area contributed by atoms with Crippen molar-refractivity contribution < 1.29 is 21.9 Å². The maximum Gasteiger partial charge on any atom is 0.233 e. The third-order valence-electron chi connectivity index (χ3n) is 5.14. The van der Waals surface area contributed by atoms with Crippen LogP contribution in [0, 0.1) is 18.3 Å². The molecule has 0 saturated carbocycles. The van der Waals surface area contributed by atoms with E-state index < -0.39 is 37.7 Å². The van der Waals surface area contributed by atoms with E-state index in [1.807, 2.05) is 0 Å². The minimum atomic E-state index is -3.75. The summed E-state index contributed by atoms with van der Waals surface area (Å²) in [5.74, 6) is 0.0896. The Labute approximate surface area is 184 Å². The average Bonchev–Trinajstić information content (AvgIpc) is 2.72. The molecule has 168 valence electrons. The van der Waals surface area contributed by atoms with Crippen LogP contribution in [0.1, 0.15) is 37.6 Å².